The minimum atomic E-state index is -1.04. The average Bonchev–Trinajstić information content (AvgIpc) is 2.67. The Hall–Kier alpha value is -2.64. The van der Waals surface area contributed by atoms with Crippen LogP contribution in [0, 0.1) is 0 Å². The first-order valence-electron chi connectivity index (χ1n) is 8.46. The predicted molar refractivity (Wildman–Crippen MR) is 100.0 cm³/mol. The van der Waals surface area contributed by atoms with Crippen molar-refractivity contribution in [3.8, 4) is 17.2 Å². The topological polar surface area (TPSA) is 237 Å². The smallest absolute Gasteiger partial charge is 0.320 e. The number of rotatable bonds is 10. The number of nitrogens with one attached hydrogen (secondary N) is 2. The van der Waals surface area contributed by atoms with Gasteiger partial charge in [-0.3, -0.25) is 15.0 Å². The van der Waals surface area contributed by atoms with Crippen molar-refractivity contribution >= 4 is 11.9 Å². The van der Waals surface area contributed by atoms with E-state index in [1.807, 2.05) is 0 Å². The summed E-state index contributed by atoms with van der Waals surface area (Å²) in [6.45, 7) is 0.120. The van der Waals surface area contributed by atoms with E-state index < -0.39 is 47.8 Å². The number of aromatic hydroxyl groups is 3. The van der Waals surface area contributed by atoms with E-state index in [0.29, 0.717) is 13.0 Å². The molecule has 1 amide bonds. The Morgan fingerprint density at radius 1 is 1.04 bits per heavy atom. The molecule has 1 aromatic rings. The lowest BCUT2D eigenvalue weighted by Crippen LogP contribution is -2.48. The largest absolute Gasteiger partial charge is 0.504 e. The molecule has 28 heavy (non-hydrogen) atoms. The van der Waals surface area contributed by atoms with E-state index in [1.165, 1.54) is 12.1 Å². The molecule has 0 saturated heterocycles. The first kappa shape index (κ1) is 25.4. The van der Waals surface area contributed by atoms with Crippen LogP contribution in [-0.4, -0.2) is 62.6 Å². The molecule has 0 heterocycles. The minimum Gasteiger partial charge on any atom is -0.504 e. The number of hydrogen-bond acceptors (Lipinski definition) is 10. The Morgan fingerprint density at radius 2 is 1.68 bits per heavy atom. The average molecular weight is 403 g/mol. The van der Waals surface area contributed by atoms with Gasteiger partial charge in [0.05, 0.1) is 6.61 Å². The number of hydrazine groups is 1. The second-order valence-corrected chi connectivity index (χ2v) is 5.80. The molecule has 0 aromatic heterocycles. The predicted octanol–water partition coefficient (Wildman–Crippen LogP) is -2.23. The van der Waals surface area contributed by atoms with Gasteiger partial charge >= 0.3 is 5.97 Å². The van der Waals surface area contributed by atoms with E-state index in [9.17, 15) is 19.8 Å². The van der Waals surface area contributed by atoms with Gasteiger partial charge in [-0.1, -0.05) is 12.5 Å². The summed E-state index contributed by atoms with van der Waals surface area (Å²) in [5.41, 5.74) is 20.6. The first-order valence-corrected chi connectivity index (χ1v) is 8.46. The van der Waals surface area contributed by atoms with Gasteiger partial charge in [-0.15, -0.1) is 0 Å². The fraction of sp³-hybridized carbons (Fsp3) is 0.500. The monoisotopic (exact) mass is 403 g/mol. The Bertz CT molecular complexity index is 630. The molecule has 1 rings (SSSR count). The molecule has 0 aliphatic heterocycles. The van der Waals surface area contributed by atoms with Gasteiger partial charge in [0.15, 0.2) is 11.5 Å². The Kier molecular flexibility index (Phi) is 12.2. The summed E-state index contributed by atoms with van der Waals surface area (Å²) in [6.07, 6.45) is 2.16. The number of amides is 1. The number of unbranched alkanes of at least 4 members (excludes halogenated alkanes) is 1. The van der Waals surface area contributed by atoms with Crippen LogP contribution in [-0.2, 0) is 16.1 Å². The van der Waals surface area contributed by atoms with Crippen LogP contribution in [0.4, 0.5) is 0 Å². The maximum Gasteiger partial charge on any atom is 0.320 e. The van der Waals surface area contributed by atoms with Crippen molar-refractivity contribution in [2.75, 3.05) is 13.2 Å². The van der Waals surface area contributed by atoms with Crippen LogP contribution in [0.25, 0.3) is 0 Å². The van der Waals surface area contributed by atoms with Crippen LogP contribution < -0.4 is 28.1 Å². The fourth-order valence-electron chi connectivity index (χ4n) is 1.79. The molecule has 2 unspecified atom stereocenters. The van der Waals surface area contributed by atoms with Gasteiger partial charge in [0, 0.05) is 12.1 Å². The van der Waals surface area contributed by atoms with E-state index in [4.69, 9.17) is 32.5 Å². The molecule has 2 atom stereocenters. The fourth-order valence-corrected chi connectivity index (χ4v) is 1.79. The number of phenols is 3. The van der Waals surface area contributed by atoms with Crippen LogP contribution in [0.2, 0.25) is 0 Å². The minimum absolute atomic E-state index is 0.00353. The van der Waals surface area contributed by atoms with Crippen molar-refractivity contribution in [3.05, 3.63) is 17.7 Å². The zero-order valence-electron chi connectivity index (χ0n) is 15.3. The molecule has 13 N–H and O–H groups in total. The number of nitrogens with two attached hydrogens (primary N) is 3. The van der Waals surface area contributed by atoms with E-state index in [2.05, 4.69) is 10.9 Å². The summed E-state index contributed by atoms with van der Waals surface area (Å²) in [7, 11) is 0. The van der Waals surface area contributed by atoms with Crippen LogP contribution in [0.5, 0.6) is 17.2 Å². The number of carbonyl (C=O) groups is 2. The molecule has 12 nitrogen and oxygen atoms in total. The van der Waals surface area contributed by atoms with Gasteiger partial charge in [-0.25, -0.2) is 5.43 Å². The SMILES string of the molecule is NC(CO)C(=O)NNCc1ccc(O)c(O)c1O.NCCCCC(N)C(=O)O. The second-order valence-electron chi connectivity index (χ2n) is 5.80. The van der Waals surface area contributed by atoms with Crippen molar-refractivity contribution in [3.63, 3.8) is 0 Å². The van der Waals surface area contributed by atoms with E-state index in [-0.39, 0.29) is 12.1 Å². The van der Waals surface area contributed by atoms with Gasteiger partial charge in [-0.2, -0.15) is 0 Å². The highest BCUT2D eigenvalue weighted by Gasteiger charge is 2.13. The van der Waals surface area contributed by atoms with Crippen LogP contribution in [0.1, 0.15) is 24.8 Å². The second kappa shape index (κ2) is 13.5. The molecular formula is C16H29N5O7. The van der Waals surface area contributed by atoms with Gasteiger partial charge in [0.25, 0.3) is 5.91 Å². The number of aliphatic hydroxyl groups excluding tert-OH is 1. The molecule has 0 aliphatic carbocycles. The maximum atomic E-state index is 11.2. The molecule has 160 valence electrons. The number of carboxylic acid groups (broad SMARTS) is 1. The van der Waals surface area contributed by atoms with Crippen molar-refractivity contribution in [1.29, 1.82) is 0 Å². The lowest BCUT2D eigenvalue weighted by Gasteiger charge is -2.12. The van der Waals surface area contributed by atoms with Gasteiger partial charge in [0.1, 0.15) is 12.1 Å². The molecule has 0 aliphatic rings. The van der Waals surface area contributed by atoms with Crippen LogP contribution in [0.15, 0.2) is 12.1 Å². The standard InChI is InChI=1S/C10H15N3O5.C6H14N2O2/c11-6(4-14)10(18)13-12-3-5-1-2-7(15)9(17)8(5)16;7-4-2-1-3-5(8)6(9)10/h1-2,6,12,14-17H,3-4,11H2,(H,13,18);5H,1-4,7-8H2,(H,9,10). The summed E-state index contributed by atoms with van der Waals surface area (Å²) in [4.78, 5) is 21.3. The van der Waals surface area contributed by atoms with Crippen molar-refractivity contribution in [2.24, 2.45) is 17.2 Å². The first-order chi connectivity index (χ1) is 13.1. The van der Waals surface area contributed by atoms with E-state index in [1.54, 1.807) is 0 Å². The number of aliphatic carboxylic acids is 1. The molecule has 0 bridgehead atoms. The summed E-state index contributed by atoms with van der Waals surface area (Å²) < 4.78 is 0. The highest BCUT2D eigenvalue weighted by atomic mass is 16.4. The summed E-state index contributed by atoms with van der Waals surface area (Å²) in [6, 6.07) is 0.814. The van der Waals surface area contributed by atoms with Gasteiger partial charge < -0.3 is 42.7 Å². The van der Waals surface area contributed by atoms with Crippen LogP contribution in [0.3, 0.4) is 0 Å². The van der Waals surface area contributed by atoms with E-state index in [0.717, 1.165) is 12.8 Å². The summed E-state index contributed by atoms with van der Waals surface area (Å²) in [5, 5.41) is 44.8. The molecular weight excluding hydrogens is 374 g/mol. The number of hydrogen-bond donors (Lipinski definition) is 10. The molecule has 0 saturated carbocycles. The third-order valence-corrected chi connectivity index (χ3v) is 3.52. The third kappa shape index (κ3) is 9.34. The van der Waals surface area contributed by atoms with Crippen molar-refractivity contribution in [1.82, 2.24) is 10.9 Å². The number of aliphatic hydroxyl groups is 1. The number of benzene rings is 1. The quantitative estimate of drug-likeness (QED) is 0.114. The highest BCUT2D eigenvalue weighted by Crippen LogP contribution is 2.36. The Balaban J connectivity index is 0.000000621. The van der Waals surface area contributed by atoms with E-state index >= 15 is 0 Å². The van der Waals surface area contributed by atoms with Gasteiger partial charge in [-0.05, 0) is 25.5 Å². The van der Waals surface area contributed by atoms with Gasteiger partial charge in [0.2, 0.25) is 5.75 Å². The molecule has 0 spiro atoms. The zero-order valence-corrected chi connectivity index (χ0v) is 15.3. The summed E-state index contributed by atoms with van der Waals surface area (Å²) >= 11 is 0. The number of phenolic OH excluding ortho intramolecular Hbond substituents is 3. The lowest BCUT2D eigenvalue weighted by atomic mass is 10.1. The lowest BCUT2D eigenvalue weighted by molar-refractivity contribution is -0.138. The molecule has 1 aromatic carbocycles. The Labute approximate surface area is 161 Å². The molecule has 12 heteroatoms. The Morgan fingerprint density at radius 3 is 2.21 bits per heavy atom. The number of carbonyl (C=O) groups excluding carboxylic acids is 1. The molecule has 0 radical (unpaired) electrons. The normalized spacial score (nSPS) is 12.4. The summed E-state index contributed by atoms with van der Waals surface area (Å²) in [5.74, 6) is -3.10. The third-order valence-electron chi connectivity index (χ3n) is 3.52. The molecule has 0 fully saturated rings. The highest BCUT2D eigenvalue weighted by molar-refractivity contribution is 5.81. The zero-order chi connectivity index (χ0) is 21.7. The maximum absolute atomic E-state index is 11.2. The van der Waals surface area contributed by atoms with Crippen molar-refractivity contribution in [2.45, 2.75) is 37.9 Å². The number of carboxylic acids is 1. The van der Waals surface area contributed by atoms with Crippen molar-refractivity contribution < 1.29 is 35.1 Å². The van der Waals surface area contributed by atoms with Crippen LogP contribution >= 0.6 is 0 Å².